The Morgan fingerprint density at radius 1 is 1.24 bits per heavy atom. The number of nitrogens with two attached hydrogens (primary N) is 1. The summed E-state index contributed by atoms with van der Waals surface area (Å²) in [7, 11) is 0. The summed E-state index contributed by atoms with van der Waals surface area (Å²) in [6, 6.07) is 8.18. The quantitative estimate of drug-likeness (QED) is 0.924. The van der Waals surface area contributed by atoms with Gasteiger partial charge in [0.05, 0.1) is 17.1 Å². The molecule has 1 aliphatic rings. The fourth-order valence-electron chi connectivity index (χ4n) is 2.46. The van der Waals surface area contributed by atoms with Crippen molar-refractivity contribution in [3.05, 3.63) is 45.7 Å². The zero-order chi connectivity index (χ0) is 11.8. The molecule has 2 aromatic rings. The van der Waals surface area contributed by atoms with Crippen molar-refractivity contribution in [3.63, 3.8) is 0 Å². The van der Waals surface area contributed by atoms with Crippen LogP contribution in [0.3, 0.4) is 0 Å². The first-order chi connectivity index (χ1) is 8.29. The molecule has 1 aromatic heterocycles. The van der Waals surface area contributed by atoms with Crippen molar-refractivity contribution < 1.29 is 0 Å². The molecule has 17 heavy (non-hydrogen) atoms. The van der Waals surface area contributed by atoms with E-state index in [4.69, 9.17) is 5.73 Å². The van der Waals surface area contributed by atoms with E-state index in [1.807, 2.05) is 16.8 Å². The normalized spacial score (nSPS) is 14.0. The molecule has 1 heterocycles. The molecule has 88 valence electrons. The topological polar surface area (TPSA) is 43.8 Å². The Kier molecular flexibility index (Phi) is 2.76. The molecule has 3 nitrogen and oxygen atoms in total. The smallest absolute Gasteiger partial charge is 0.0664 e. The molecule has 0 radical (unpaired) electrons. The summed E-state index contributed by atoms with van der Waals surface area (Å²) < 4.78 is 3.08. The Morgan fingerprint density at radius 2 is 2.00 bits per heavy atom. The van der Waals surface area contributed by atoms with Crippen LogP contribution in [0.4, 0.5) is 0 Å². The van der Waals surface area contributed by atoms with Gasteiger partial charge in [-0.05, 0) is 49.1 Å². The van der Waals surface area contributed by atoms with E-state index >= 15 is 0 Å². The van der Waals surface area contributed by atoms with Gasteiger partial charge in [0, 0.05) is 11.0 Å². The van der Waals surface area contributed by atoms with Crippen molar-refractivity contribution >= 4 is 15.9 Å². The SMILES string of the molecule is NCc1c2c(nn1-c1ccc(Br)cc1)CCC2. The summed E-state index contributed by atoms with van der Waals surface area (Å²) in [6.07, 6.45) is 3.43. The first kappa shape index (κ1) is 11.0. The molecule has 0 aliphatic heterocycles. The van der Waals surface area contributed by atoms with Crippen LogP contribution in [0.2, 0.25) is 0 Å². The van der Waals surface area contributed by atoms with Crippen molar-refractivity contribution in [1.29, 1.82) is 0 Å². The lowest BCUT2D eigenvalue weighted by molar-refractivity contribution is 0.752. The van der Waals surface area contributed by atoms with Gasteiger partial charge in [0.1, 0.15) is 0 Å². The maximum absolute atomic E-state index is 5.87. The zero-order valence-electron chi connectivity index (χ0n) is 9.49. The lowest BCUT2D eigenvalue weighted by atomic mass is 10.2. The van der Waals surface area contributed by atoms with Gasteiger partial charge in [0.25, 0.3) is 0 Å². The fraction of sp³-hybridized carbons (Fsp3) is 0.308. The monoisotopic (exact) mass is 291 g/mol. The number of fused-ring (bicyclic) bond motifs is 1. The molecule has 0 saturated heterocycles. The average molecular weight is 292 g/mol. The first-order valence-corrected chi connectivity index (χ1v) is 6.64. The van der Waals surface area contributed by atoms with Gasteiger partial charge in [-0.1, -0.05) is 15.9 Å². The van der Waals surface area contributed by atoms with E-state index in [-0.39, 0.29) is 0 Å². The number of aromatic nitrogens is 2. The highest BCUT2D eigenvalue weighted by Crippen LogP contribution is 2.27. The van der Waals surface area contributed by atoms with Crippen molar-refractivity contribution in [3.8, 4) is 5.69 Å². The third-order valence-electron chi connectivity index (χ3n) is 3.28. The summed E-state index contributed by atoms with van der Waals surface area (Å²) in [5.74, 6) is 0. The highest BCUT2D eigenvalue weighted by atomic mass is 79.9. The molecule has 0 atom stereocenters. The summed E-state index contributed by atoms with van der Waals surface area (Å²) in [6.45, 7) is 0.554. The van der Waals surface area contributed by atoms with Gasteiger partial charge in [-0.3, -0.25) is 0 Å². The van der Waals surface area contributed by atoms with Crippen LogP contribution in [-0.2, 0) is 19.4 Å². The molecular formula is C13H14BrN3. The molecule has 4 heteroatoms. The van der Waals surface area contributed by atoms with E-state index in [0.717, 1.165) is 23.0 Å². The number of nitrogens with zero attached hydrogens (tertiary/aromatic N) is 2. The van der Waals surface area contributed by atoms with E-state index in [0.29, 0.717) is 6.54 Å². The number of hydrogen-bond acceptors (Lipinski definition) is 2. The number of aryl methyl sites for hydroxylation is 1. The molecule has 0 bridgehead atoms. The predicted octanol–water partition coefficient (Wildman–Crippen LogP) is 2.58. The highest BCUT2D eigenvalue weighted by Gasteiger charge is 2.21. The van der Waals surface area contributed by atoms with E-state index in [2.05, 4.69) is 33.2 Å². The van der Waals surface area contributed by atoms with Gasteiger partial charge in [0.2, 0.25) is 0 Å². The molecule has 0 fully saturated rings. The Hall–Kier alpha value is -1.13. The maximum atomic E-state index is 5.87. The lowest BCUT2D eigenvalue weighted by Gasteiger charge is -2.07. The van der Waals surface area contributed by atoms with Crippen LogP contribution in [0.1, 0.15) is 23.4 Å². The third-order valence-corrected chi connectivity index (χ3v) is 3.81. The summed E-state index contributed by atoms with van der Waals surface area (Å²) >= 11 is 3.44. The molecule has 0 spiro atoms. The summed E-state index contributed by atoms with van der Waals surface area (Å²) in [5.41, 5.74) is 10.7. The van der Waals surface area contributed by atoms with Crippen LogP contribution in [0.15, 0.2) is 28.7 Å². The largest absolute Gasteiger partial charge is 0.325 e. The first-order valence-electron chi connectivity index (χ1n) is 5.85. The van der Waals surface area contributed by atoms with Crippen LogP contribution in [0, 0.1) is 0 Å². The van der Waals surface area contributed by atoms with E-state index in [9.17, 15) is 0 Å². The summed E-state index contributed by atoms with van der Waals surface area (Å²) in [4.78, 5) is 0. The minimum atomic E-state index is 0.554. The lowest BCUT2D eigenvalue weighted by Crippen LogP contribution is -2.08. The van der Waals surface area contributed by atoms with Crippen molar-refractivity contribution in [2.24, 2.45) is 5.73 Å². The number of benzene rings is 1. The maximum Gasteiger partial charge on any atom is 0.0664 e. The number of halogens is 1. The molecule has 0 amide bonds. The minimum absolute atomic E-state index is 0.554. The molecular weight excluding hydrogens is 278 g/mol. The van der Waals surface area contributed by atoms with E-state index < -0.39 is 0 Å². The molecule has 0 unspecified atom stereocenters. The fourth-order valence-corrected chi connectivity index (χ4v) is 2.73. The van der Waals surface area contributed by atoms with Crippen molar-refractivity contribution in [1.82, 2.24) is 9.78 Å². The molecule has 3 rings (SSSR count). The van der Waals surface area contributed by atoms with Gasteiger partial charge in [-0.25, -0.2) is 4.68 Å². The minimum Gasteiger partial charge on any atom is -0.325 e. The van der Waals surface area contributed by atoms with Crippen LogP contribution in [-0.4, -0.2) is 9.78 Å². The second-order valence-corrected chi connectivity index (χ2v) is 5.23. The standard InChI is InChI=1S/C13H14BrN3/c14-9-4-6-10(7-5-9)17-13(8-15)11-2-1-3-12(11)16-17/h4-7H,1-3,8,15H2. The van der Waals surface area contributed by atoms with Gasteiger partial charge in [-0.15, -0.1) is 0 Å². The van der Waals surface area contributed by atoms with Crippen molar-refractivity contribution in [2.45, 2.75) is 25.8 Å². The molecule has 1 aliphatic carbocycles. The van der Waals surface area contributed by atoms with Gasteiger partial charge >= 0.3 is 0 Å². The van der Waals surface area contributed by atoms with Gasteiger partial charge < -0.3 is 5.73 Å². The Morgan fingerprint density at radius 3 is 2.71 bits per heavy atom. The van der Waals surface area contributed by atoms with Crippen LogP contribution < -0.4 is 5.73 Å². The van der Waals surface area contributed by atoms with E-state index in [1.54, 1.807) is 0 Å². The second-order valence-electron chi connectivity index (χ2n) is 4.32. The van der Waals surface area contributed by atoms with E-state index in [1.165, 1.54) is 23.4 Å². The van der Waals surface area contributed by atoms with Crippen LogP contribution in [0.5, 0.6) is 0 Å². The number of rotatable bonds is 2. The summed E-state index contributed by atoms with van der Waals surface area (Å²) in [5, 5.41) is 4.68. The Labute approximate surface area is 109 Å². The molecule has 0 saturated carbocycles. The van der Waals surface area contributed by atoms with Gasteiger partial charge in [-0.2, -0.15) is 5.10 Å². The predicted molar refractivity (Wildman–Crippen MR) is 71.2 cm³/mol. The second kappa shape index (κ2) is 4.27. The molecule has 2 N–H and O–H groups in total. The zero-order valence-corrected chi connectivity index (χ0v) is 11.1. The average Bonchev–Trinajstić information content (AvgIpc) is 2.89. The highest BCUT2D eigenvalue weighted by molar-refractivity contribution is 9.10. The van der Waals surface area contributed by atoms with Gasteiger partial charge in [0.15, 0.2) is 0 Å². The van der Waals surface area contributed by atoms with Crippen LogP contribution in [0.25, 0.3) is 5.69 Å². The Balaban J connectivity index is 2.11. The molecule has 1 aromatic carbocycles. The van der Waals surface area contributed by atoms with Crippen molar-refractivity contribution in [2.75, 3.05) is 0 Å². The Bertz CT molecular complexity index is 543. The number of hydrogen-bond donors (Lipinski definition) is 1. The van der Waals surface area contributed by atoms with Crippen LogP contribution >= 0.6 is 15.9 Å². The third kappa shape index (κ3) is 1.81.